The van der Waals surface area contributed by atoms with Gasteiger partial charge in [-0.1, -0.05) is 0 Å². The number of hydrogen-bond donors (Lipinski definition) is 3. The van der Waals surface area contributed by atoms with Crippen molar-refractivity contribution in [3.63, 3.8) is 0 Å². The topological polar surface area (TPSA) is 89.9 Å². The average Bonchev–Trinajstić information content (AvgIpc) is 3.01. The molecule has 0 aromatic carbocycles. The van der Waals surface area contributed by atoms with E-state index < -0.39 is 12.0 Å². The third-order valence-corrected chi connectivity index (χ3v) is 3.47. The fraction of sp³-hybridized carbons (Fsp3) is 0.818. The first-order valence-corrected chi connectivity index (χ1v) is 6.01. The van der Waals surface area contributed by atoms with E-state index >= 15 is 0 Å². The van der Waals surface area contributed by atoms with Crippen molar-refractivity contribution in [2.75, 3.05) is 19.7 Å². The number of aliphatic hydroxyl groups is 1. The molecule has 0 radical (unpaired) electrons. The van der Waals surface area contributed by atoms with E-state index in [0.717, 1.165) is 19.3 Å². The summed E-state index contributed by atoms with van der Waals surface area (Å²) >= 11 is 0. The predicted octanol–water partition coefficient (Wildman–Crippen LogP) is -0.127. The Morgan fingerprint density at radius 3 is 2.53 bits per heavy atom. The molecule has 2 amide bonds. The van der Waals surface area contributed by atoms with Crippen molar-refractivity contribution >= 4 is 12.0 Å². The molecule has 96 valence electrons. The summed E-state index contributed by atoms with van der Waals surface area (Å²) in [6, 6.07) is -1.07. The molecule has 0 bridgehead atoms. The second kappa shape index (κ2) is 4.91. The zero-order valence-corrected chi connectivity index (χ0v) is 9.63. The van der Waals surface area contributed by atoms with E-state index in [1.165, 1.54) is 0 Å². The maximum Gasteiger partial charge on any atom is 0.326 e. The van der Waals surface area contributed by atoms with Crippen molar-refractivity contribution < 1.29 is 19.8 Å². The van der Waals surface area contributed by atoms with Crippen LogP contribution in [-0.2, 0) is 4.79 Å². The van der Waals surface area contributed by atoms with Crippen molar-refractivity contribution in [1.29, 1.82) is 0 Å². The van der Waals surface area contributed by atoms with E-state index in [2.05, 4.69) is 5.32 Å². The molecule has 3 N–H and O–H groups in total. The van der Waals surface area contributed by atoms with Gasteiger partial charge in [0.25, 0.3) is 0 Å². The number of amides is 2. The van der Waals surface area contributed by atoms with E-state index in [1.807, 2.05) is 0 Å². The van der Waals surface area contributed by atoms with Crippen LogP contribution in [0, 0.1) is 11.8 Å². The molecule has 1 aliphatic carbocycles. The Balaban J connectivity index is 1.85. The van der Waals surface area contributed by atoms with Gasteiger partial charge in [-0.25, -0.2) is 9.59 Å². The molecule has 6 heteroatoms. The summed E-state index contributed by atoms with van der Waals surface area (Å²) in [5.41, 5.74) is 0. The van der Waals surface area contributed by atoms with Crippen LogP contribution in [0.1, 0.15) is 19.3 Å². The monoisotopic (exact) mass is 242 g/mol. The van der Waals surface area contributed by atoms with Crippen LogP contribution in [0.3, 0.4) is 0 Å². The number of rotatable bonds is 4. The highest BCUT2D eigenvalue weighted by Crippen LogP contribution is 2.33. The van der Waals surface area contributed by atoms with E-state index in [9.17, 15) is 9.59 Å². The molecule has 2 atom stereocenters. The lowest BCUT2D eigenvalue weighted by Crippen LogP contribution is -2.48. The number of likely N-dealkylation sites (tertiary alicyclic amines) is 1. The SMILES string of the molecule is O=C(O)C(NC(=O)N1CCC(CO)C1)C1CC1. The molecule has 1 heterocycles. The number of aliphatic carboxylic acids is 1. The van der Waals surface area contributed by atoms with Gasteiger partial charge in [-0.05, 0) is 25.2 Å². The summed E-state index contributed by atoms with van der Waals surface area (Å²) in [6.07, 6.45) is 2.53. The van der Waals surface area contributed by atoms with Crippen LogP contribution in [-0.4, -0.2) is 52.9 Å². The molecule has 2 unspecified atom stereocenters. The smallest absolute Gasteiger partial charge is 0.326 e. The largest absolute Gasteiger partial charge is 0.480 e. The summed E-state index contributed by atoms with van der Waals surface area (Å²) in [5, 5.41) is 20.6. The zero-order valence-electron chi connectivity index (χ0n) is 9.63. The Kier molecular flexibility index (Phi) is 3.51. The summed E-state index contributed by atoms with van der Waals surface area (Å²) in [7, 11) is 0. The molecule has 1 aliphatic heterocycles. The van der Waals surface area contributed by atoms with Crippen LogP contribution >= 0.6 is 0 Å². The van der Waals surface area contributed by atoms with Gasteiger partial charge in [-0.15, -0.1) is 0 Å². The number of urea groups is 1. The predicted molar refractivity (Wildman–Crippen MR) is 59.4 cm³/mol. The van der Waals surface area contributed by atoms with E-state index in [1.54, 1.807) is 4.90 Å². The highest BCUT2D eigenvalue weighted by molar-refractivity contribution is 5.83. The highest BCUT2D eigenvalue weighted by Gasteiger charge is 2.38. The van der Waals surface area contributed by atoms with E-state index in [-0.39, 0.29) is 24.5 Å². The van der Waals surface area contributed by atoms with Gasteiger partial charge in [0, 0.05) is 25.6 Å². The van der Waals surface area contributed by atoms with Crippen LogP contribution in [0.25, 0.3) is 0 Å². The van der Waals surface area contributed by atoms with Crippen LogP contribution in [0.5, 0.6) is 0 Å². The molecule has 0 aromatic rings. The number of carbonyl (C=O) groups excluding carboxylic acids is 1. The third-order valence-electron chi connectivity index (χ3n) is 3.47. The Bertz CT molecular complexity index is 317. The lowest BCUT2D eigenvalue weighted by atomic mass is 10.1. The first kappa shape index (κ1) is 12.2. The molecule has 2 fully saturated rings. The van der Waals surface area contributed by atoms with Gasteiger partial charge in [-0.3, -0.25) is 0 Å². The molecule has 1 saturated carbocycles. The van der Waals surface area contributed by atoms with Crippen molar-refractivity contribution in [2.45, 2.75) is 25.3 Å². The Labute approximate surface area is 99.6 Å². The fourth-order valence-corrected chi connectivity index (χ4v) is 2.20. The summed E-state index contributed by atoms with van der Waals surface area (Å²) in [4.78, 5) is 24.4. The molecule has 2 aliphatic rings. The molecule has 6 nitrogen and oxygen atoms in total. The van der Waals surface area contributed by atoms with Gasteiger partial charge < -0.3 is 20.4 Å². The number of nitrogens with zero attached hydrogens (tertiary/aromatic N) is 1. The number of hydrogen-bond acceptors (Lipinski definition) is 3. The lowest BCUT2D eigenvalue weighted by molar-refractivity contribution is -0.139. The summed E-state index contributed by atoms with van der Waals surface area (Å²) in [6.45, 7) is 1.18. The third kappa shape index (κ3) is 2.88. The second-order valence-electron chi connectivity index (χ2n) is 4.89. The minimum Gasteiger partial charge on any atom is -0.480 e. The normalized spacial score (nSPS) is 25.7. The van der Waals surface area contributed by atoms with Crippen LogP contribution in [0.15, 0.2) is 0 Å². The number of aliphatic hydroxyl groups excluding tert-OH is 1. The molecular formula is C11H18N2O4. The van der Waals surface area contributed by atoms with Gasteiger partial charge in [0.2, 0.25) is 0 Å². The zero-order chi connectivity index (χ0) is 12.4. The average molecular weight is 242 g/mol. The van der Waals surface area contributed by atoms with Gasteiger partial charge in [0.05, 0.1) is 0 Å². The number of nitrogens with one attached hydrogen (secondary N) is 1. The standard InChI is InChI=1S/C11H18N2O4/c14-6-7-3-4-13(5-7)11(17)12-9(10(15)16)8-1-2-8/h7-9,14H,1-6H2,(H,12,17)(H,15,16). The van der Waals surface area contributed by atoms with Gasteiger partial charge in [0.15, 0.2) is 0 Å². The van der Waals surface area contributed by atoms with Crippen LogP contribution in [0.2, 0.25) is 0 Å². The quantitative estimate of drug-likeness (QED) is 0.640. The maximum absolute atomic E-state index is 11.8. The minimum atomic E-state index is -0.959. The first-order chi connectivity index (χ1) is 8.11. The molecular weight excluding hydrogens is 224 g/mol. The van der Waals surface area contributed by atoms with Crippen molar-refractivity contribution in [3.8, 4) is 0 Å². The highest BCUT2D eigenvalue weighted by atomic mass is 16.4. The fourth-order valence-electron chi connectivity index (χ4n) is 2.20. The Hall–Kier alpha value is -1.30. The van der Waals surface area contributed by atoms with Gasteiger partial charge in [0.1, 0.15) is 6.04 Å². The number of carbonyl (C=O) groups is 2. The van der Waals surface area contributed by atoms with Crippen molar-refractivity contribution in [2.24, 2.45) is 11.8 Å². The van der Waals surface area contributed by atoms with Crippen LogP contribution in [0.4, 0.5) is 4.79 Å². The van der Waals surface area contributed by atoms with Crippen molar-refractivity contribution in [3.05, 3.63) is 0 Å². The molecule has 1 saturated heterocycles. The lowest BCUT2D eigenvalue weighted by Gasteiger charge is -2.20. The molecule has 17 heavy (non-hydrogen) atoms. The Morgan fingerprint density at radius 1 is 1.35 bits per heavy atom. The number of carboxylic acid groups (broad SMARTS) is 1. The molecule has 0 spiro atoms. The molecule has 0 aromatic heterocycles. The summed E-state index contributed by atoms with van der Waals surface area (Å²) < 4.78 is 0. The number of carboxylic acids is 1. The minimum absolute atomic E-state index is 0.0781. The van der Waals surface area contributed by atoms with Gasteiger partial charge >= 0.3 is 12.0 Å². The van der Waals surface area contributed by atoms with Gasteiger partial charge in [-0.2, -0.15) is 0 Å². The second-order valence-corrected chi connectivity index (χ2v) is 4.89. The van der Waals surface area contributed by atoms with Crippen molar-refractivity contribution in [1.82, 2.24) is 10.2 Å². The summed E-state index contributed by atoms with van der Waals surface area (Å²) in [5.74, 6) is -0.739. The maximum atomic E-state index is 11.8. The molecule has 2 rings (SSSR count). The van der Waals surface area contributed by atoms with E-state index in [0.29, 0.717) is 13.1 Å². The first-order valence-electron chi connectivity index (χ1n) is 6.01. The Morgan fingerprint density at radius 2 is 2.06 bits per heavy atom. The van der Waals surface area contributed by atoms with E-state index in [4.69, 9.17) is 10.2 Å². The van der Waals surface area contributed by atoms with Crippen LogP contribution < -0.4 is 5.32 Å².